The van der Waals surface area contributed by atoms with E-state index in [1.165, 1.54) is 22.3 Å². The largest absolute Gasteiger partial charge is 0.508 e. The predicted molar refractivity (Wildman–Crippen MR) is 90.9 cm³/mol. The van der Waals surface area contributed by atoms with Crippen LogP contribution in [0.1, 0.15) is 37.0 Å². The van der Waals surface area contributed by atoms with E-state index in [1.54, 1.807) is 6.07 Å². The molecule has 2 nitrogen and oxygen atoms in total. The molecule has 0 radical (unpaired) electrons. The van der Waals surface area contributed by atoms with Crippen molar-refractivity contribution in [2.75, 3.05) is 6.61 Å². The highest BCUT2D eigenvalue weighted by atomic mass is 16.3. The summed E-state index contributed by atoms with van der Waals surface area (Å²) in [6, 6.07) is 11.8. The van der Waals surface area contributed by atoms with Crippen molar-refractivity contribution >= 4 is 0 Å². The Morgan fingerprint density at radius 3 is 2.27 bits per heavy atom. The zero-order valence-corrected chi connectivity index (χ0v) is 13.2. The van der Waals surface area contributed by atoms with Crippen molar-refractivity contribution in [1.29, 1.82) is 0 Å². The number of hydrogen-bond acceptors (Lipinski definition) is 2. The molecule has 1 aliphatic carbocycles. The van der Waals surface area contributed by atoms with Gasteiger partial charge in [-0.3, -0.25) is 0 Å². The molecule has 3 rings (SSSR count). The summed E-state index contributed by atoms with van der Waals surface area (Å²) in [7, 11) is 0. The number of aromatic hydroxyl groups is 1. The summed E-state index contributed by atoms with van der Waals surface area (Å²) < 4.78 is 0. The minimum absolute atomic E-state index is 0.106. The molecule has 0 aliphatic heterocycles. The van der Waals surface area contributed by atoms with Crippen molar-refractivity contribution in [1.82, 2.24) is 0 Å². The average molecular weight is 294 g/mol. The first-order chi connectivity index (χ1) is 10.8. The fourth-order valence-electron chi connectivity index (χ4n) is 2.68. The van der Waals surface area contributed by atoms with Crippen molar-refractivity contribution in [3.8, 4) is 28.7 Å². The van der Waals surface area contributed by atoms with Gasteiger partial charge in [-0.05, 0) is 59.4 Å². The minimum atomic E-state index is 0.106. The zero-order chi connectivity index (χ0) is 15.9. The van der Waals surface area contributed by atoms with Crippen molar-refractivity contribution in [2.45, 2.75) is 33.1 Å². The molecule has 2 aromatic carbocycles. The molecule has 0 saturated heterocycles. The Morgan fingerprint density at radius 2 is 1.59 bits per heavy atom. The molecular weight excluding hydrogens is 272 g/mol. The highest BCUT2D eigenvalue weighted by Crippen LogP contribution is 2.35. The SMILES string of the molecule is CC.OCCC#Cc1ccc2c(c1)CCc1cc(O)ccc1-2. The summed E-state index contributed by atoms with van der Waals surface area (Å²) in [5.74, 6) is 6.36. The van der Waals surface area contributed by atoms with Gasteiger partial charge in [0.15, 0.2) is 0 Å². The van der Waals surface area contributed by atoms with E-state index >= 15 is 0 Å². The van der Waals surface area contributed by atoms with Crippen LogP contribution in [0.15, 0.2) is 36.4 Å². The normalized spacial score (nSPS) is 11.2. The maximum Gasteiger partial charge on any atom is 0.115 e. The fraction of sp³-hybridized carbons (Fsp3) is 0.300. The molecule has 0 amide bonds. The van der Waals surface area contributed by atoms with Gasteiger partial charge in [-0.25, -0.2) is 0 Å². The van der Waals surface area contributed by atoms with Crippen LogP contribution in [0.3, 0.4) is 0 Å². The van der Waals surface area contributed by atoms with Gasteiger partial charge >= 0.3 is 0 Å². The second-order valence-corrected chi connectivity index (χ2v) is 4.99. The van der Waals surface area contributed by atoms with Gasteiger partial charge < -0.3 is 10.2 Å². The number of phenolic OH excluding ortho intramolecular Hbond substituents is 1. The molecule has 0 aromatic heterocycles. The second-order valence-electron chi connectivity index (χ2n) is 4.99. The monoisotopic (exact) mass is 294 g/mol. The Morgan fingerprint density at radius 1 is 0.955 bits per heavy atom. The van der Waals surface area contributed by atoms with E-state index in [0.717, 1.165) is 18.4 Å². The van der Waals surface area contributed by atoms with E-state index in [4.69, 9.17) is 5.11 Å². The fourth-order valence-corrected chi connectivity index (χ4v) is 2.68. The molecule has 2 heteroatoms. The minimum Gasteiger partial charge on any atom is -0.508 e. The molecule has 0 spiro atoms. The van der Waals surface area contributed by atoms with Crippen LogP contribution in [0.4, 0.5) is 0 Å². The molecule has 0 fully saturated rings. The molecule has 0 bridgehead atoms. The van der Waals surface area contributed by atoms with E-state index in [2.05, 4.69) is 24.0 Å². The van der Waals surface area contributed by atoms with Gasteiger partial charge in [-0.15, -0.1) is 0 Å². The highest BCUT2D eigenvalue weighted by molar-refractivity contribution is 5.74. The Balaban J connectivity index is 0.000000847. The molecule has 114 valence electrons. The lowest BCUT2D eigenvalue weighted by Gasteiger charge is -2.20. The lowest BCUT2D eigenvalue weighted by molar-refractivity contribution is 0.305. The van der Waals surface area contributed by atoms with Crippen LogP contribution < -0.4 is 0 Å². The molecular formula is C20H22O2. The van der Waals surface area contributed by atoms with Crippen LogP contribution in [0, 0.1) is 11.8 Å². The van der Waals surface area contributed by atoms with Crippen molar-refractivity contribution in [2.24, 2.45) is 0 Å². The lowest BCUT2D eigenvalue weighted by atomic mass is 9.85. The van der Waals surface area contributed by atoms with Crippen molar-refractivity contribution in [3.05, 3.63) is 53.1 Å². The topological polar surface area (TPSA) is 40.5 Å². The summed E-state index contributed by atoms with van der Waals surface area (Å²) in [5, 5.41) is 18.3. The molecule has 2 aromatic rings. The quantitative estimate of drug-likeness (QED) is 0.783. The van der Waals surface area contributed by atoms with Crippen molar-refractivity contribution in [3.63, 3.8) is 0 Å². The maximum absolute atomic E-state index is 9.56. The number of aliphatic hydroxyl groups excluding tert-OH is 1. The number of aliphatic hydroxyl groups is 1. The van der Waals surface area contributed by atoms with E-state index in [9.17, 15) is 5.11 Å². The molecule has 0 unspecified atom stereocenters. The van der Waals surface area contributed by atoms with Crippen LogP contribution in [-0.2, 0) is 12.8 Å². The number of fused-ring (bicyclic) bond motifs is 3. The third kappa shape index (κ3) is 3.50. The van der Waals surface area contributed by atoms with E-state index in [0.29, 0.717) is 12.2 Å². The van der Waals surface area contributed by atoms with Crippen LogP contribution in [-0.4, -0.2) is 16.8 Å². The Hall–Kier alpha value is -2.24. The third-order valence-electron chi connectivity index (χ3n) is 3.62. The molecule has 0 heterocycles. The Bertz CT molecular complexity index is 705. The van der Waals surface area contributed by atoms with Crippen LogP contribution in [0.5, 0.6) is 5.75 Å². The number of hydrogen-bond donors (Lipinski definition) is 2. The van der Waals surface area contributed by atoms with E-state index in [1.807, 2.05) is 32.0 Å². The summed E-state index contributed by atoms with van der Waals surface area (Å²) in [4.78, 5) is 0. The van der Waals surface area contributed by atoms with Crippen LogP contribution in [0.2, 0.25) is 0 Å². The number of rotatable bonds is 1. The summed E-state index contributed by atoms with van der Waals surface area (Å²) in [6.45, 7) is 4.11. The lowest BCUT2D eigenvalue weighted by Crippen LogP contribution is -2.04. The van der Waals surface area contributed by atoms with E-state index < -0.39 is 0 Å². The number of phenols is 1. The number of aryl methyl sites for hydroxylation is 2. The summed E-state index contributed by atoms with van der Waals surface area (Å²) >= 11 is 0. The first-order valence-electron chi connectivity index (χ1n) is 7.83. The Kier molecular flexibility index (Phi) is 5.63. The molecule has 0 saturated carbocycles. The average Bonchev–Trinajstić information content (AvgIpc) is 2.56. The maximum atomic E-state index is 9.56. The molecule has 1 aliphatic rings. The number of benzene rings is 2. The smallest absolute Gasteiger partial charge is 0.115 e. The van der Waals surface area contributed by atoms with Gasteiger partial charge in [0, 0.05) is 12.0 Å². The van der Waals surface area contributed by atoms with Crippen molar-refractivity contribution < 1.29 is 10.2 Å². The molecule has 2 N–H and O–H groups in total. The van der Waals surface area contributed by atoms with Crippen LogP contribution in [0.25, 0.3) is 11.1 Å². The molecule has 22 heavy (non-hydrogen) atoms. The Labute approximate surface area is 132 Å². The van der Waals surface area contributed by atoms with Crippen LogP contribution >= 0.6 is 0 Å². The first kappa shape index (κ1) is 16.1. The van der Waals surface area contributed by atoms with E-state index in [-0.39, 0.29) is 6.61 Å². The van der Waals surface area contributed by atoms with Gasteiger partial charge in [0.25, 0.3) is 0 Å². The standard InChI is InChI=1S/C18H16O2.C2H6/c19-10-2-1-3-13-4-8-17-14(11-13)5-6-15-12-16(20)7-9-18(15)17;1-2/h4,7-9,11-12,19-20H,2,5-6,10H2;1-2H3. The highest BCUT2D eigenvalue weighted by Gasteiger charge is 2.16. The van der Waals surface area contributed by atoms with Gasteiger partial charge in [0.1, 0.15) is 5.75 Å². The summed E-state index contributed by atoms with van der Waals surface area (Å²) in [5.41, 5.74) is 5.95. The molecule has 0 atom stereocenters. The third-order valence-corrected chi connectivity index (χ3v) is 3.62. The van der Waals surface area contributed by atoms with Gasteiger partial charge in [0.05, 0.1) is 6.61 Å². The summed E-state index contributed by atoms with van der Waals surface area (Å²) in [6.07, 6.45) is 2.44. The predicted octanol–water partition coefficient (Wildman–Crippen LogP) is 3.92. The zero-order valence-electron chi connectivity index (χ0n) is 13.2. The first-order valence-corrected chi connectivity index (χ1v) is 7.83. The van der Waals surface area contributed by atoms with Gasteiger partial charge in [0.2, 0.25) is 0 Å². The van der Waals surface area contributed by atoms with Gasteiger partial charge in [-0.1, -0.05) is 37.8 Å². The van der Waals surface area contributed by atoms with Gasteiger partial charge in [-0.2, -0.15) is 0 Å². The second kappa shape index (κ2) is 7.68.